The van der Waals surface area contributed by atoms with Crippen molar-refractivity contribution in [3.05, 3.63) is 108 Å². The van der Waals surface area contributed by atoms with E-state index in [1.54, 1.807) is 36.1 Å². The van der Waals surface area contributed by atoms with Gasteiger partial charge in [-0.3, -0.25) is 0 Å². The predicted molar refractivity (Wildman–Crippen MR) is 144 cm³/mol. The molecule has 0 aliphatic heterocycles. The van der Waals surface area contributed by atoms with E-state index in [2.05, 4.69) is 20.2 Å². The van der Waals surface area contributed by atoms with Crippen LogP contribution in [0, 0.1) is 0 Å². The first-order valence-corrected chi connectivity index (χ1v) is 12.1. The fraction of sp³-hybridized carbons (Fsp3) is 0.143. The van der Waals surface area contributed by atoms with Crippen LogP contribution in [0.3, 0.4) is 0 Å². The normalized spacial score (nSPS) is 10.3. The second-order valence-electron chi connectivity index (χ2n) is 8.58. The van der Waals surface area contributed by atoms with E-state index in [4.69, 9.17) is 9.84 Å². The minimum atomic E-state index is -0.961. The fourth-order valence-corrected chi connectivity index (χ4v) is 4.11. The zero-order valence-electron chi connectivity index (χ0n) is 22.1. The third kappa shape index (κ3) is 6.88. The molecule has 40 heavy (non-hydrogen) atoms. The number of esters is 1. The van der Waals surface area contributed by atoms with Gasteiger partial charge in [-0.25, -0.2) is 19.0 Å². The topological polar surface area (TPSA) is 161 Å². The van der Waals surface area contributed by atoms with Crippen LogP contribution in [0.5, 0.6) is 0 Å². The Morgan fingerprint density at radius 3 is 1.70 bits per heavy atom. The molecule has 0 atom stereocenters. The maximum atomic E-state index is 11.7. The van der Waals surface area contributed by atoms with Crippen LogP contribution in [-0.2, 0) is 17.8 Å². The number of carbonyl (C=O) groups excluding carboxylic acids is 1. The van der Waals surface area contributed by atoms with E-state index in [-0.39, 0.29) is 46.7 Å². The molecule has 2 aromatic carbocycles. The summed E-state index contributed by atoms with van der Waals surface area (Å²) in [6, 6.07) is 23.3. The van der Waals surface area contributed by atoms with Crippen LogP contribution >= 0.6 is 0 Å². The average Bonchev–Trinajstić information content (AvgIpc) is 3.69. The molecule has 4 aromatic heterocycles. The van der Waals surface area contributed by atoms with Crippen LogP contribution < -0.4 is 29.6 Å². The number of carboxylic acid groups (broad SMARTS) is 1. The summed E-state index contributed by atoms with van der Waals surface area (Å²) >= 11 is 0. The Bertz CT molecular complexity index is 1690. The van der Waals surface area contributed by atoms with Crippen molar-refractivity contribution >= 4 is 34.0 Å². The molecule has 6 rings (SSSR count). The molecule has 0 saturated carbocycles. The molecule has 0 spiro atoms. The monoisotopic (exact) mass is 550 g/mol. The van der Waals surface area contributed by atoms with E-state index in [1.165, 1.54) is 0 Å². The summed E-state index contributed by atoms with van der Waals surface area (Å²) in [7, 11) is 0. The summed E-state index contributed by atoms with van der Waals surface area (Å²) in [5, 5.41) is 19.2. The number of benzene rings is 2. The van der Waals surface area contributed by atoms with Gasteiger partial charge >= 0.3 is 41.5 Å². The van der Waals surface area contributed by atoms with E-state index in [0.717, 1.165) is 33.2 Å². The average molecular weight is 551 g/mol. The van der Waals surface area contributed by atoms with Crippen LogP contribution in [-0.4, -0.2) is 58.7 Å². The van der Waals surface area contributed by atoms with Gasteiger partial charge in [-0.05, 0) is 30.2 Å². The number of nitrogens with zero attached hydrogens (tertiary/aromatic N) is 4. The molecule has 0 amide bonds. The summed E-state index contributed by atoms with van der Waals surface area (Å²) < 4.78 is 8.59. The Kier molecular flexibility index (Phi) is 10.5. The summed E-state index contributed by atoms with van der Waals surface area (Å²) in [5.74, 6) is -1.30. The summed E-state index contributed by atoms with van der Waals surface area (Å²) in [5.41, 5.74) is 4.48. The molecule has 11 nitrogen and oxygen atoms in total. The van der Waals surface area contributed by atoms with Crippen molar-refractivity contribution in [3.8, 4) is 0 Å². The van der Waals surface area contributed by atoms with Gasteiger partial charge < -0.3 is 25.3 Å². The summed E-state index contributed by atoms with van der Waals surface area (Å²) in [6.45, 7) is 3.43. The largest absolute Gasteiger partial charge is 1.00 e. The van der Waals surface area contributed by atoms with Gasteiger partial charge in [0.05, 0.1) is 32.1 Å². The maximum Gasteiger partial charge on any atom is 1.00 e. The zero-order chi connectivity index (χ0) is 26.5. The van der Waals surface area contributed by atoms with Gasteiger partial charge in [-0.15, -0.1) is 0 Å². The number of ether oxygens (including phenoxy) is 1. The van der Waals surface area contributed by atoms with Crippen LogP contribution in [0.1, 0.15) is 39.0 Å². The van der Waals surface area contributed by atoms with Gasteiger partial charge in [0.25, 0.3) is 0 Å². The SMILES string of the molecule is CCOC(=O)c1cc2cnn(Cc3ccccc3)c2[nH]1.O=C(O)c1cc2cnn(Cc3ccccc3)c2[nH]1.[Na+].[OH-]. The Labute approximate surface area is 251 Å². The van der Waals surface area contributed by atoms with Gasteiger partial charge in [0.2, 0.25) is 0 Å². The minimum Gasteiger partial charge on any atom is -0.870 e. The Balaban J connectivity index is 0.000000211. The first kappa shape index (κ1) is 30.4. The van der Waals surface area contributed by atoms with E-state index < -0.39 is 5.97 Å². The third-order valence-electron chi connectivity index (χ3n) is 5.92. The zero-order valence-corrected chi connectivity index (χ0v) is 24.1. The van der Waals surface area contributed by atoms with Gasteiger partial charge in [-0.2, -0.15) is 10.2 Å². The standard InChI is InChI=1S/C15H15N3O2.C13H11N3O2.Na.H2O/c1-2-20-15(19)13-8-12-9-16-18(14(12)17-13)10-11-6-4-3-5-7-11;17-13(18)11-6-10-7-14-16(12(10)15-11)8-9-4-2-1-3-5-9;;/h3-9,17H,2,10H2,1H3;1-7,15H,8H2,(H,17,18);;1H2/q;;+1;/p-1. The molecule has 200 valence electrons. The number of carbonyl (C=O) groups is 2. The minimum absolute atomic E-state index is 0. The molecule has 0 aliphatic rings. The van der Waals surface area contributed by atoms with Crippen LogP contribution in [0.15, 0.2) is 85.2 Å². The molecular formula is C28H27N6NaO5. The maximum absolute atomic E-state index is 11.7. The second-order valence-corrected chi connectivity index (χ2v) is 8.58. The Morgan fingerprint density at radius 2 is 1.25 bits per heavy atom. The number of fused-ring (bicyclic) bond motifs is 2. The van der Waals surface area contributed by atoms with E-state index in [0.29, 0.717) is 25.4 Å². The van der Waals surface area contributed by atoms with Gasteiger partial charge in [0.15, 0.2) is 0 Å². The number of hydrogen-bond donors (Lipinski definition) is 3. The molecule has 0 aliphatic carbocycles. The molecule has 6 aromatic rings. The molecule has 0 radical (unpaired) electrons. The summed E-state index contributed by atoms with van der Waals surface area (Å²) in [4.78, 5) is 28.5. The summed E-state index contributed by atoms with van der Waals surface area (Å²) in [6.07, 6.45) is 3.42. The Morgan fingerprint density at radius 1 is 0.800 bits per heavy atom. The quantitative estimate of drug-likeness (QED) is 0.201. The number of hydrogen-bond acceptors (Lipinski definition) is 6. The van der Waals surface area contributed by atoms with Crippen LogP contribution in [0.2, 0.25) is 0 Å². The van der Waals surface area contributed by atoms with Crippen LogP contribution in [0.4, 0.5) is 0 Å². The second kappa shape index (κ2) is 13.8. The van der Waals surface area contributed by atoms with Crippen molar-refractivity contribution in [1.29, 1.82) is 0 Å². The van der Waals surface area contributed by atoms with E-state index in [1.807, 2.05) is 65.3 Å². The van der Waals surface area contributed by atoms with Crippen LogP contribution in [0.25, 0.3) is 22.1 Å². The number of rotatable bonds is 7. The van der Waals surface area contributed by atoms with E-state index in [9.17, 15) is 9.59 Å². The van der Waals surface area contributed by atoms with Crippen molar-refractivity contribution in [3.63, 3.8) is 0 Å². The van der Waals surface area contributed by atoms with Gasteiger partial charge in [-0.1, -0.05) is 60.7 Å². The third-order valence-corrected chi connectivity index (χ3v) is 5.92. The van der Waals surface area contributed by atoms with Crippen molar-refractivity contribution < 1.29 is 54.5 Å². The molecule has 0 saturated heterocycles. The number of aromatic amines is 2. The number of carboxylic acids is 1. The van der Waals surface area contributed by atoms with Crippen molar-refractivity contribution in [2.45, 2.75) is 20.0 Å². The molecule has 4 heterocycles. The smallest absolute Gasteiger partial charge is 0.870 e. The first-order valence-electron chi connectivity index (χ1n) is 12.1. The molecule has 12 heteroatoms. The fourth-order valence-electron chi connectivity index (χ4n) is 4.11. The van der Waals surface area contributed by atoms with E-state index >= 15 is 0 Å². The number of aromatic carboxylic acids is 1. The first-order chi connectivity index (χ1) is 18.5. The number of nitrogens with one attached hydrogen (secondary N) is 2. The number of aromatic nitrogens is 6. The van der Waals surface area contributed by atoms with Gasteiger partial charge in [0.1, 0.15) is 22.7 Å². The van der Waals surface area contributed by atoms with Crippen molar-refractivity contribution in [1.82, 2.24) is 29.5 Å². The van der Waals surface area contributed by atoms with Crippen molar-refractivity contribution in [2.24, 2.45) is 0 Å². The number of H-pyrrole nitrogens is 2. The van der Waals surface area contributed by atoms with Crippen molar-refractivity contribution in [2.75, 3.05) is 6.61 Å². The Hall–Kier alpha value is -4.16. The molecule has 0 bridgehead atoms. The van der Waals surface area contributed by atoms with Gasteiger partial charge in [0, 0.05) is 10.8 Å². The predicted octanol–water partition coefficient (Wildman–Crippen LogP) is 1.53. The molecule has 4 N–H and O–H groups in total. The molecule has 0 fully saturated rings. The molecule has 0 unspecified atom stereocenters. The molecular weight excluding hydrogens is 523 g/mol.